The number of nitrogens with zero attached hydrogens (tertiary/aromatic N) is 2. The Balaban J connectivity index is 1.91. The molecule has 1 N–H and O–H groups in total. The van der Waals surface area contributed by atoms with Crippen LogP contribution in [0.15, 0.2) is 36.7 Å². The minimum atomic E-state index is -0.136. The van der Waals surface area contributed by atoms with E-state index in [-0.39, 0.29) is 11.9 Å². The van der Waals surface area contributed by atoms with Crippen molar-refractivity contribution in [3.63, 3.8) is 0 Å². The second kappa shape index (κ2) is 6.48. The van der Waals surface area contributed by atoms with Gasteiger partial charge in [-0.25, -0.2) is 4.39 Å². The first-order valence-electron chi connectivity index (χ1n) is 6.66. The molecule has 1 aromatic carbocycles. The van der Waals surface area contributed by atoms with Crippen molar-refractivity contribution in [3.05, 3.63) is 53.6 Å². The summed E-state index contributed by atoms with van der Waals surface area (Å²) in [5, 5.41) is 7.54. The molecule has 3 nitrogen and oxygen atoms in total. The first kappa shape index (κ1) is 13.7. The Morgan fingerprint density at radius 2 is 2.16 bits per heavy atom. The molecule has 1 heterocycles. The van der Waals surface area contributed by atoms with Gasteiger partial charge in [-0.1, -0.05) is 25.1 Å². The zero-order valence-electron chi connectivity index (χ0n) is 11.4. The van der Waals surface area contributed by atoms with Gasteiger partial charge in [0.25, 0.3) is 0 Å². The van der Waals surface area contributed by atoms with E-state index >= 15 is 0 Å². The number of hydrogen-bond acceptors (Lipinski definition) is 2. The fourth-order valence-corrected chi connectivity index (χ4v) is 2.22. The summed E-state index contributed by atoms with van der Waals surface area (Å²) in [4.78, 5) is 0. The molecule has 1 unspecified atom stereocenters. The highest BCUT2D eigenvalue weighted by molar-refractivity contribution is 5.21. The normalized spacial score (nSPS) is 12.6. The van der Waals surface area contributed by atoms with E-state index in [1.54, 1.807) is 10.7 Å². The van der Waals surface area contributed by atoms with Gasteiger partial charge in [0, 0.05) is 24.8 Å². The Labute approximate surface area is 113 Å². The maximum Gasteiger partial charge on any atom is 0.127 e. The first-order chi connectivity index (χ1) is 9.20. The molecule has 0 radical (unpaired) electrons. The van der Waals surface area contributed by atoms with Crippen LogP contribution in [-0.4, -0.2) is 16.3 Å². The Bertz CT molecular complexity index is 522. The van der Waals surface area contributed by atoms with Gasteiger partial charge < -0.3 is 5.32 Å². The molecule has 4 heteroatoms. The quantitative estimate of drug-likeness (QED) is 0.866. The van der Waals surface area contributed by atoms with Crippen molar-refractivity contribution in [1.29, 1.82) is 0 Å². The third-order valence-corrected chi connectivity index (χ3v) is 3.25. The van der Waals surface area contributed by atoms with E-state index in [0.717, 1.165) is 24.9 Å². The molecule has 2 rings (SSSR count). The van der Waals surface area contributed by atoms with Gasteiger partial charge in [0.15, 0.2) is 0 Å². The Kier molecular flexibility index (Phi) is 4.68. The SMILES string of the molecule is CCC(NCCc1cnn(C)c1)c1ccccc1F. The van der Waals surface area contributed by atoms with Gasteiger partial charge in [-0.3, -0.25) is 4.68 Å². The molecule has 0 aliphatic carbocycles. The predicted octanol–water partition coefficient (Wildman–Crippen LogP) is 2.84. The molecule has 1 aromatic heterocycles. The minimum absolute atomic E-state index is 0.0675. The van der Waals surface area contributed by atoms with Crippen LogP contribution in [0.2, 0.25) is 0 Å². The van der Waals surface area contributed by atoms with E-state index < -0.39 is 0 Å². The van der Waals surface area contributed by atoms with Gasteiger partial charge in [0.05, 0.1) is 6.20 Å². The molecule has 102 valence electrons. The molecule has 1 atom stereocenters. The zero-order valence-corrected chi connectivity index (χ0v) is 11.4. The highest BCUT2D eigenvalue weighted by Gasteiger charge is 2.12. The zero-order chi connectivity index (χ0) is 13.7. The number of hydrogen-bond donors (Lipinski definition) is 1. The summed E-state index contributed by atoms with van der Waals surface area (Å²) in [6.45, 7) is 2.88. The van der Waals surface area contributed by atoms with E-state index in [1.807, 2.05) is 31.6 Å². The number of aromatic nitrogens is 2. The van der Waals surface area contributed by atoms with Gasteiger partial charge in [-0.2, -0.15) is 5.10 Å². The number of benzene rings is 1. The Hall–Kier alpha value is -1.68. The van der Waals surface area contributed by atoms with Crippen LogP contribution in [0.3, 0.4) is 0 Å². The molecule has 0 saturated heterocycles. The topological polar surface area (TPSA) is 29.9 Å². The minimum Gasteiger partial charge on any atom is -0.310 e. The lowest BCUT2D eigenvalue weighted by atomic mass is 10.0. The fraction of sp³-hybridized carbons (Fsp3) is 0.400. The molecular weight excluding hydrogens is 241 g/mol. The van der Waals surface area contributed by atoms with Crippen molar-refractivity contribution in [2.45, 2.75) is 25.8 Å². The highest BCUT2D eigenvalue weighted by atomic mass is 19.1. The first-order valence-corrected chi connectivity index (χ1v) is 6.66. The highest BCUT2D eigenvalue weighted by Crippen LogP contribution is 2.19. The van der Waals surface area contributed by atoms with E-state index in [4.69, 9.17) is 0 Å². The molecule has 0 fully saturated rings. The summed E-state index contributed by atoms with van der Waals surface area (Å²) in [5.41, 5.74) is 1.94. The van der Waals surface area contributed by atoms with Crippen molar-refractivity contribution in [2.24, 2.45) is 7.05 Å². The maximum absolute atomic E-state index is 13.7. The number of halogens is 1. The molecule has 19 heavy (non-hydrogen) atoms. The lowest BCUT2D eigenvalue weighted by molar-refractivity contribution is 0.491. The Morgan fingerprint density at radius 3 is 2.79 bits per heavy atom. The summed E-state index contributed by atoms with van der Waals surface area (Å²) >= 11 is 0. The molecular formula is C15H20FN3. The number of aryl methyl sites for hydroxylation is 1. The third kappa shape index (κ3) is 3.64. The van der Waals surface area contributed by atoms with Crippen LogP contribution in [0.25, 0.3) is 0 Å². The second-order valence-corrected chi connectivity index (χ2v) is 4.71. The van der Waals surface area contributed by atoms with E-state index in [2.05, 4.69) is 17.3 Å². The molecule has 2 aromatic rings. The van der Waals surface area contributed by atoms with E-state index in [1.165, 1.54) is 11.6 Å². The van der Waals surface area contributed by atoms with Gasteiger partial charge in [0.1, 0.15) is 5.82 Å². The summed E-state index contributed by atoms with van der Waals surface area (Å²) < 4.78 is 15.5. The second-order valence-electron chi connectivity index (χ2n) is 4.71. The van der Waals surface area contributed by atoms with Crippen molar-refractivity contribution < 1.29 is 4.39 Å². The van der Waals surface area contributed by atoms with Crippen molar-refractivity contribution in [2.75, 3.05) is 6.54 Å². The third-order valence-electron chi connectivity index (χ3n) is 3.25. The summed E-state index contributed by atoms with van der Waals surface area (Å²) in [5.74, 6) is -0.136. The smallest absolute Gasteiger partial charge is 0.127 e. The van der Waals surface area contributed by atoms with Crippen LogP contribution >= 0.6 is 0 Å². The lowest BCUT2D eigenvalue weighted by Crippen LogP contribution is -2.24. The Morgan fingerprint density at radius 1 is 1.37 bits per heavy atom. The van der Waals surface area contributed by atoms with E-state index in [0.29, 0.717) is 0 Å². The fourth-order valence-electron chi connectivity index (χ4n) is 2.22. The molecule has 0 aliphatic heterocycles. The van der Waals surface area contributed by atoms with Crippen LogP contribution in [0, 0.1) is 5.82 Å². The molecule has 0 saturated carbocycles. The molecule has 0 aliphatic rings. The standard InChI is InChI=1S/C15H20FN3/c1-3-15(13-6-4-5-7-14(13)16)17-9-8-12-10-18-19(2)11-12/h4-7,10-11,15,17H,3,8-9H2,1-2H3. The van der Waals surface area contributed by atoms with Crippen LogP contribution in [-0.2, 0) is 13.5 Å². The van der Waals surface area contributed by atoms with Crippen molar-refractivity contribution in [1.82, 2.24) is 15.1 Å². The average Bonchev–Trinajstić information content (AvgIpc) is 2.82. The van der Waals surface area contributed by atoms with Gasteiger partial charge >= 0.3 is 0 Å². The molecule has 0 spiro atoms. The largest absolute Gasteiger partial charge is 0.310 e. The molecule has 0 bridgehead atoms. The van der Waals surface area contributed by atoms with Gasteiger partial charge in [0.2, 0.25) is 0 Å². The monoisotopic (exact) mass is 261 g/mol. The summed E-state index contributed by atoms with van der Waals surface area (Å²) in [6, 6.07) is 7.03. The van der Waals surface area contributed by atoms with Gasteiger partial charge in [-0.05, 0) is 31.0 Å². The summed E-state index contributed by atoms with van der Waals surface area (Å²) in [7, 11) is 1.91. The molecule has 0 amide bonds. The average molecular weight is 261 g/mol. The summed E-state index contributed by atoms with van der Waals surface area (Å²) in [6.07, 6.45) is 5.64. The van der Waals surface area contributed by atoms with Crippen molar-refractivity contribution in [3.8, 4) is 0 Å². The van der Waals surface area contributed by atoms with Crippen LogP contribution in [0.1, 0.15) is 30.5 Å². The number of rotatable bonds is 6. The maximum atomic E-state index is 13.7. The van der Waals surface area contributed by atoms with Crippen LogP contribution < -0.4 is 5.32 Å². The van der Waals surface area contributed by atoms with Gasteiger partial charge in [-0.15, -0.1) is 0 Å². The van der Waals surface area contributed by atoms with Crippen LogP contribution in [0.4, 0.5) is 4.39 Å². The predicted molar refractivity (Wildman–Crippen MR) is 74.3 cm³/mol. The lowest BCUT2D eigenvalue weighted by Gasteiger charge is -2.17. The van der Waals surface area contributed by atoms with E-state index in [9.17, 15) is 4.39 Å². The van der Waals surface area contributed by atoms with Crippen LogP contribution in [0.5, 0.6) is 0 Å². The number of nitrogens with one attached hydrogen (secondary N) is 1. The van der Waals surface area contributed by atoms with Crippen molar-refractivity contribution >= 4 is 0 Å².